The predicted molar refractivity (Wildman–Crippen MR) is 149 cm³/mol. The van der Waals surface area contributed by atoms with E-state index in [1.54, 1.807) is 0 Å². The van der Waals surface area contributed by atoms with Crippen LogP contribution in [-0.4, -0.2) is 21.8 Å². The molecule has 1 aliphatic rings. The fourth-order valence-electron chi connectivity index (χ4n) is 5.10. The van der Waals surface area contributed by atoms with Crippen molar-refractivity contribution in [1.29, 1.82) is 0 Å². The smallest absolute Gasteiger partial charge is 0.120 e. The number of benzene rings is 1. The van der Waals surface area contributed by atoms with Gasteiger partial charge in [-0.25, -0.2) is 0 Å². The van der Waals surface area contributed by atoms with E-state index in [4.69, 9.17) is 14.5 Å². The Morgan fingerprint density at radius 2 is 1.58 bits per heavy atom. The number of hydrogen-bond donors (Lipinski definition) is 1. The largest absolute Gasteiger partial charge is 0.488 e. The van der Waals surface area contributed by atoms with Crippen LogP contribution < -0.4 is 4.74 Å². The minimum absolute atomic E-state index is 0.0415. The van der Waals surface area contributed by atoms with Crippen molar-refractivity contribution in [2.75, 3.05) is 0 Å². The Morgan fingerprint density at radius 1 is 1.00 bits per heavy atom. The van der Waals surface area contributed by atoms with Crippen LogP contribution in [0.5, 0.6) is 5.75 Å². The standard InChI is InChI=1S/C32H49NO3/c1-19(2)28-27(29(34)22-13-15-23(16-14-22)36-31(8,9)10)20(3)26-24(33-28)17-32(11,12)18-25(26)35-21(4)30(5,6)7/h13-16,19,21,25,29,34H,17-18H2,1-12H3/t21?,25?,29-/m1/s1. The average molecular weight is 496 g/mol. The third-order valence-corrected chi connectivity index (χ3v) is 7.38. The van der Waals surface area contributed by atoms with Crippen LogP contribution in [0.25, 0.3) is 0 Å². The van der Waals surface area contributed by atoms with Gasteiger partial charge in [-0.15, -0.1) is 0 Å². The highest BCUT2D eigenvalue weighted by atomic mass is 16.5. The van der Waals surface area contributed by atoms with E-state index in [1.807, 2.05) is 45.0 Å². The summed E-state index contributed by atoms with van der Waals surface area (Å²) in [5, 5.41) is 11.7. The maximum absolute atomic E-state index is 11.7. The molecule has 0 aliphatic heterocycles. The van der Waals surface area contributed by atoms with Crippen LogP contribution in [0.1, 0.15) is 134 Å². The van der Waals surface area contributed by atoms with Crippen LogP contribution in [0, 0.1) is 17.8 Å². The molecule has 1 N–H and O–H groups in total. The molecule has 0 radical (unpaired) electrons. The lowest BCUT2D eigenvalue weighted by atomic mass is 9.72. The van der Waals surface area contributed by atoms with E-state index >= 15 is 0 Å². The number of aliphatic hydroxyl groups is 1. The molecular weight excluding hydrogens is 446 g/mol. The normalized spacial score (nSPS) is 19.7. The van der Waals surface area contributed by atoms with Gasteiger partial charge in [0.2, 0.25) is 0 Å². The van der Waals surface area contributed by atoms with Gasteiger partial charge in [0.05, 0.1) is 12.2 Å². The molecule has 1 aromatic heterocycles. The number of fused-ring (bicyclic) bond motifs is 1. The molecule has 0 fully saturated rings. The summed E-state index contributed by atoms with van der Waals surface area (Å²) in [5.74, 6) is 0.995. The molecule has 2 aromatic rings. The Morgan fingerprint density at radius 3 is 2.08 bits per heavy atom. The second-order valence-electron chi connectivity index (χ2n) is 13.9. The highest BCUT2D eigenvalue weighted by Crippen LogP contribution is 2.47. The Balaban J connectivity index is 2.10. The quantitative estimate of drug-likeness (QED) is 0.438. The van der Waals surface area contributed by atoms with Gasteiger partial charge >= 0.3 is 0 Å². The van der Waals surface area contributed by atoms with Gasteiger partial charge in [0.1, 0.15) is 17.5 Å². The molecule has 0 saturated carbocycles. The van der Waals surface area contributed by atoms with Crippen molar-refractivity contribution in [2.45, 2.75) is 126 Å². The molecule has 1 heterocycles. The highest BCUT2D eigenvalue weighted by molar-refractivity contribution is 5.48. The number of hydrogen-bond acceptors (Lipinski definition) is 4. The Kier molecular flexibility index (Phi) is 8.04. The molecule has 1 aliphatic carbocycles. The van der Waals surface area contributed by atoms with Crippen LogP contribution in [-0.2, 0) is 11.2 Å². The molecule has 0 amide bonds. The first-order valence-electron chi connectivity index (χ1n) is 13.6. The van der Waals surface area contributed by atoms with Crippen molar-refractivity contribution in [3.05, 3.63) is 57.9 Å². The average Bonchev–Trinajstić information content (AvgIpc) is 2.70. The number of nitrogens with zero attached hydrogens (tertiary/aromatic N) is 1. The summed E-state index contributed by atoms with van der Waals surface area (Å²) < 4.78 is 12.8. The molecule has 3 atom stereocenters. The maximum atomic E-state index is 11.7. The minimum atomic E-state index is -0.764. The molecule has 4 nitrogen and oxygen atoms in total. The summed E-state index contributed by atoms with van der Waals surface area (Å²) in [6, 6.07) is 7.82. The predicted octanol–water partition coefficient (Wildman–Crippen LogP) is 8.24. The van der Waals surface area contributed by atoms with Gasteiger partial charge < -0.3 is 14.6 Å². The third-order valence-electron chi connectivity index (χ3n) is 7.38. The molecule has 0 spiro atoms. The Labute approximate surface area is 219 Å². The highest BCUT2D eigenvalue weighted by Gasteiger charge is 2.39. The molecule has 200 valence electrons. The summed E-state index contributed by atoms with van der Waals surface area (Å²) in [6.07, 6.45) is 1.15. The number of pyridine rings is 1. The second-order valence-corrected chi connectivity index (χ2v) is 13.9. The van der Waals surface area contributed by atoms with Crippen molar-refractivity contribution < 1.29 is 14.6 Å². The molecule has 0 bridgehead atoms. The Bertz CT molecular complexity index is 1050. The molecule has 0 saturated heterocycles. The summed E-state index contributed by atoms with van der Waals surface area (Å²) in [4.78, 5) is 5.24. The SMILES string of the molecule is Cc1c2c(nc(C(C)C)c1[C@H](O)c1ccc(OC(C)(C)C)cc1)CC(C)(C)CC2OC(C)C(C)(C)C. The fraction of sp³-hybridized carbons (Fsp3) is 0.656. The molecular formula is C32H49NO3. The van der Waals surface area contributed by atoms with E-state index in [-0.39, 0.29) is 34.6 Å². The fourth-order valence-corrected chi connectivity index (χ4v) is 5.10. The zero-order chi connectivity index (χ0) is 27.2. The van der Waals surface area contributed by atoms with Crippen molar-refractivity contribution in [3.8, 4) is 5.75 Å². The van der Waals surface area contributed by atoms with Crippen LogP contribution in [0.15, 0.2) is 24.3 Å². The zero-order valence-electron chi connectivity index (χ0n) is 24.7. The van der Waals surface area contributed by atoms with E-state index in [1.165, 1.54) is 5.56 Å². The summed E-state index contributed by atoms with van der Waals surface area (Å²) in [6.45, 7) is 26.0. The van der Waals surface area contributed by atoms with Crippen LogP contribution >= 0.6 is 0 Å². The number of ether oxygens (including phenoxy) is 2. The topological polar surface area (TPSA) is 51.6 Å². The molecule has 36 heavy (non-hydrogen) atoms. The van der Waals surface area contributed by atoms with E-state index in [0.29, 0.717) is 0 Å². The minimum Gasteiger partial charge on any atom is -0.488 e. The van der Waals surface area contributed by atoms with Crippen molar-refractivity contribution in [2.24, 2.45) is 10.8 Å². The second kappa shape index (κ2) is 10.1. The first-order valence-corrected chi connectivity index (χ1v) is 13.6. The maximum Gasteiger partial charge on any atom is 0.120 e. The van der Waals surface area contributed by atoms with E-state index in [9.17, 15) is 5.11 Å². The van der Waals surface area contributed by atoms with E-state index in [2.05, 4.69) is 62.3 Å². The number of aliphatic hydroxyl groups excluding tert-OH is 1. The van der Waals surface area contributed by atoms with Gasteiger partial charge in [0, 0.05) is 22.5 Å². The van der Waals surface area contributed by atoms with Crippen molar-refractivity contribution in [3.63, 3.8) is 0 Å². The summed E-state index contributed by atoms with van der Waals surface area (Å²) >= 11 is 0. The third kappa shape index (κ3) is 6.50. The van der Waals surface area contributed by atoms with E-state index in [0.717, 1.165) is 46.7 Å². The van der Waals surface area contributed by atoms with Gasteiger partial charge in [-0.05, 0) is 87.5 Å². The van der Waals surface area contributed by atoms with Crippen LogP contribution in [0.4, 0.5) is 0 Å². The van der Waals surface area contributed by atoms with Crippen molar-refractivity contribution in [1.82, 2.24) is 4.98 Å². The van der Waals surface area contributed by atoms with Gasteiger partial charge in [-0.3, -0.25) is 4.98 Å². The van der Waals surface area contributed by atoms with Crippen LogP contribution in [0.2, 0.25) is 0 Å². The first-order chi connectivity index (χ1) is 16.4. The van der Waals surface area contributed by atoms with Crippen LogP contribution in [0.3, 0.4) is 0 Å². The van der Waals surface area contributed by atoms with Gasteiger partial charge in [-0.1, -0.05) is 60.6 Å². The molecule has 1 aromatic carbocycles. The molecule has 4 heteroatoms. The number of aromatic nitrogens is 1. The van der Waals surface area contributed by atoms with E-state index < -0.39 is 6.10 Å². The summed E-state index contributed by atoms with van der Waals surface area (Å²) in [5.41, 5.74) is 6.05. The molecule has 3 rings (SSSR count). The molecule has 2 unspecified atom stereocenters. The summed E-state index contributed by atoms with van der Waals surface area (Å²) in [7, 11) is 0. The number of rotatable bonds is 6. The zero-order valence-corrected chi connectivity index (χ0v) is 24.7. The monoisotopic (exact) mass is 495 g/mol. The Hall–Kier alpha value is -1.91. The lowest BCUT2D eigenvalue weighted by Gasteiger charge is -2.41. The van der Waals surface area contributed by atoms with Gasteiger partial charge in [0.15, 0.2) is 0 Å². The lowest BCUT2D eigenvalue weighted by Crippen LogP contribution is -2.34. The van der Waals surface area contributed by atoms with Gasteiger partial charge in [0.25, 0.3) is 0 Å². The van der Waals surface area contributed by atoms with Gasteiger partial charge in [-0.2, -0.15) is 0 Å². The van der Waals surface area contributed by atoms with Crippen molar-refractivity contribution >= 4 is 0 Å². The lowest BCUT2D eigenvalue weighted by molar-refractivity contribution is -0.0779. The first kappa shape index (κ1) is 28.7.